The Balaban J connectivity index is 1.78. The molecular formula is C16H13F3N4O. The SMILES string of the molecule is CN(Cc1cccc(OC(F)(F)F)c1)c1ccc2nccnc2n1. The van der Waals surface area contributed by atoms with Crippen LogP contribution in [0.4, 0.5) is 19.0 Å². The zero-order chi connectivity index (χ0) is 17.2. The maximum Gasteiger partial charge on any atom is 0.573 e. The summed E-state index contributed by atoms with van der Waals surface area (Å²) < 4.78 is 40.8. The highest BCUT2D eigenvalue weighted by Gasteiger charge is 2.31. The highest BCUT2D eigenvalue weighted by molar-refractivity contribution is 5.71. The van der Waals surface area contributed by atoms with Gasteiger partial charge in [0.05, 0.1) is 0 Å². The van der Waals surface area contributed by atoms with Gasteiger partial charge < -0.3 is 9.64 Å². The zero-order valence-electron chi connectivity index (χ0n) is 12.7. The maximum absolute atomic E-state index is 12.3. The maximum atomic E-state index is 12.3. The van der Waals surface area contributed by atoms with Crippen molar-refractivity contribution in [1.82, 2.24) is 15.0 Å². The first-order chi connectivity index (χ1) is 11.4. The predicted molar refractivity (Wildman–Crippen MR) is 82.6 cm³/mol. The second kappa shape index (κ2) is 6.31. The number of pyridine rings is 1. The average molecular weight is 334 g/mol. The van der Waals surface area contributed by atoms with Crippen molar-refractivity contribution in [1.29, 1.82) is 0 Å². The molecule has 124 valence electrons. The van der Waals surface area contributed by atoms with Crippen LogP contribution < -0.4 is 9.64 Å². The Morgan fingerprint density at radius 3 is 2.67 bits per heavy atom. The molecule has 0 radical (unpaired) electrons. The van der Waals surface area contributed by atoms with Gasteiger partial charge in [-0.05, 0) is 29.8 Å². The second-order valence-electron chi connectivity index (χ2n) is 5.12. The van der Waals surface area contributed by atoms with Crippen molar-refractivity contribution in [3.63, 3.8) is 0 Å². The van der Waals surface area contributed by atoms with Crippen LogP contribution in [-0.2, 0) is 6.54 Å². The molecule has 0 spiro atoms. The quantitative estimate of drug-likeness (QED) is 0.730. The van der Waals surface area contributed by atoms with Gasteiger partial charge in [-0.15, -0.1) is 13.2 Å². The Hall–Kier alpha value is -2.90. The predicted octanol–water partition coefficient (Wildman–Crippen LogP) is 3.56. The number of hydrogen-bond acceptors (Lipinski definition) is 5. The summed E-state index contributed by atoms with van der Waals surface area (Å²) in [5.74, 6) is 0.399. The molecule has 5 nitrogen and oxygen atoms in total. The van der Waals surface area contributed by atoms with Crippen molar-refractivity contribution in [2.75, 3.05) is 11.9 Å². The van der Waals surface area contributed by atoms with E-state index in [1.165, 1.54) is 18.2 Å². The molecule has 8 heteroatoms. The van der Waals surface area contributed by atoms with Gasteiger partial charge in [-0.25, -0.2) is 9.97 Å². The lowest BCUT2D eigenvalue weighted by Crippen LogP contribution is -2.19. The van der Waals surface area contributed by atoms with Crippen molar-refractivity contribution in [2.45, 2.75) is 12.9 Å². The summed E-state index contributed by atoms with van der Waals surface area (Å²) >= 11 is 0. The van der Waals surface area contributed by atoms with Crippen molar-refractivity contribution in [2.24, 2.45) is 0 Å². The summed E-state index contributed by atoms with van der Waals surface area (Å²) in [6.07, 6.45) is -1.57. The molecule has 0 saturated heterocycles. The molecule has 24 heavy (non-hydrogen) atoms. The molecular weight excluding hydrogens is 321 g/mol. The lowest BCUT2D eigenvalue weighted by molar-refractivity contribution is -0.274. The fourth-order valence-corrected chi connectivity index (χ4v) is 2.25. The topological polar surface area (TPSA) is 51.1 Å². The van der Waals surface area contributed by atoms with Crippen LogP contribution in [-0.4, -0.2) is 28.4 Å². The van der Waals surface area contributed by atoms with Gasteiger partial charge in [0.15, 0.2) is 5.65 Å². The largest absolute Gasteiger partial charge is 0.573 e. The van der Waals surface area contributed by atoms with E-state index in [1.54, 1.807) is 42.5 Å². The van der Waals surface area contributed by atoms with E-state index in [-0.39, 0.29) is 5.75 Å². The number of rotatable bonds is 4. The van der Waals surface area contributed by atoms with Gasteiger partial charge in [0, 0.05) is 26.0 Å². The fraction of sp³-hybridized carbons (Fsp3) is 0.188. The lowest BCUT2D eigenvalue weighted by Gasteiger charge is -2.19. The summed E-state index contributed by atoms with van der Waals surface area (Å²) in [4.78, 5) is 14.5. The first-order valence-corrected chi connectivity index (χ1v) is 7.04. The molecule has 0 bridgehead atoms. The van der Waals surface area contributed by atoms with Crippen LogP contribution in [0.3, 0.4) is 0 Å². The number of benzene rings is 1. The summed E-state index contributed by atoms with van der Waals surface area (Å²) in [5, 5.41) is 0. The number of hydrogen-bond donors (Lipinski definition) is 0. The van der Waals surface area contributed by atoms with Gasteiger partial charge in [-0.3, -0.25) is 4.98 Å². The van der Waals surface area contributed by atoms with E-state index in [9.17, 15) is 13.2 Å². The van der Waals surface area contributed by atoms with Gasteiger partial charge in [-0.2, -0.15) is 0 Å². The number of ether oxygens (including phenoxy) is 1. The molecule has 0 aliphatic heterocycles. The Morgan fingerprint density at radius 1 is 1.08 bits per heavy atom. The van der Waals surface area contributed by atoms with Crippen LogP contribution in [0.25, 0.3) is 11.2 Å². The third-order valence-corrected chi connectivity index (χ3v) is 3.26. The molecule has 0 amide bonds. The van der Waals surface area contributed by atoms with E-state index >= 15 is 0 Å². The van der Waals surface area contributed by atoms with Crippen molar-refractivity contribution >= 4 is 17.0 Å². The molecule has 0 aliphatic carbocycles. The molecule has 2 heterocycles. The minimum absolute atomic E-state index is 0.245. The summed E-state index contributed by atoms with van der Waals surface area (Å²) in [6.45, 7) is 0.369. The highest BCUT2D eigenvalue weighted by atomic mass is 19.4. The van der Waals surface area contributed by atoms with Crippen LogP contribution in [0.2, 0.25) is 0 Å². The van der Waals surface area contributed by atoms with Crippen LogP contribution >= 0.6 is 0 Å². The van der Waals surface area contributed by atoms with Gasteiger partial charge in [0.25, 0.3) is 0 Å². The van der Waals surface area contributed by atoms with Gasteiger partial charge >= 0.3 is 6.36 Å². The highest BCUT2D eigenvalue weighted by Crippen LogP contribution is 2.24. The van der Waals surface area contributed by atoms with E-state index < -0.39 is 6.36 Å². The van der Waals surface area contributed by atoms with Gasteiger partial charge in [0.2, 0.25) is 0 Å². The smallest absolute Gasteiger partial charge is 0.406 e. The van der Waals surface area contributed by atoms with E-state index in [2.05, 4.69) is 19.7 Å². The Morgan fingerprint density at radius 2 is 1.88 bits per heavy atom. The Kier molecular flexibility index (Phi) is 4.20. The minimum Gasteiger partial charge on any atom is -0.406 e. The summed E-state index contributed by atoms with van der Waals surface area (Å²) in [7, 11) is 1.79. The molecule has 0 aliphatic rings. The first kappa shape index (κ1) is 16.0. The number of fused-ring (bicyclic) bond motifs is 1. The summed E-state index contributed by atoms with van der Waals surface area (Å²) in [6, 6.07) is 9.44. The van der Waals surface area contributed by atoms with E-state index in [0.29, 0.717) is 29.1 Å². The molecule has 1 aromatic carbocycles. The molecule has 0 fully saturated rings. The Bertz CT molecular complexity index is 854. The number of halogens is 3. The molecule has 3 aromatic rings. The third kappa shape index (κ3) is 3.89. The number of nitrogens with zero attached hydrogens (tertiary/aromatic N) is 4. The molecule has 3 rings (SSSR count). The third-order valence-electron chi connectivity index (χ3n) is 3.26. The molecule has 0 saturated carbocycles. The van der Waals surface area contributed by atoms with E-state index in [1.807, 2.05) is 0 Å². The molecule has 0 atom stereocenters. The molecule has 2 aromatic heterocycles. The van der Waals surface area contributed by atoms with Crippen molar-refractivity contribution < 1.29 is 17.9 Å². The van der Waals surface area contributed by atoms with Crippen LogP contribution in [0, 0.1) is 0 Å². The number of aromatic nitrogens is 3. The monoisotopic (exact) mass is 334 g/mol. The van der Waals surface area contributed by atoms with E-state index in [4.69, 9.17) is 0 Å². The van der Waals surface area contributed by atoms with Crippen molar-refractivity contribution in [3.05, 3.63) is 54.4 Å². The summed E-state index contributed by atoms with van der Waals surface area (Å²) in [5.41, 5.74) is 1.85. The van der Waals surface area contributed by atoms with Crippen LogP contribution in [0.15, 0.2) is 48.8 Å². The van der Waals surface area contributed by atoms with Crippen LogP contribution in [0.1, 0.15) is 5.56 Å². The number of anilines is 1. The van der Waals surface area contributed by atoms with Gasteiger partial charge in [0.1, 0.15) is 17.1 Å². The van der Waals surface area contributed by atoms with Gasteiger partial charge in [-0.1, -0.05) is 12.1 Å². The normalized spacial score (nSPS) is 11.5. The minimum atomic E-state index is -4.71. The van der Waals surface area contributed by atoms with Crippen molar-refractivity contribution in [3.8, 4) is 5.75 Å². The lowest BCUT2D eigenvalue weighted by atomic mass is 10.2. The van der Waals surface area contributed by atoms with E-state index in [0.717, 1.165) is 0 Å². The first-order valence-electron chi connectivity index (χ1n) is 7.04. The second-order valence-corrected chi connectivity index (χ2v) is 5.12. The average Bonchev–Trinajstić information content (AvgIpc) is 2.53. The fourth-order valence-electron chi connectivity index (χ4n) is 2.25. The Labute approximate surface area is 135 Å². The number of alkyl halides is 3. The standard InChI is InChI=1S/C16H13F3N4O/c1-23(14-6-5-13-15(22-14)21-8-7-20-13)10-11-3-2-4-12(9-11)24-16(17,18)19/h2-9H,10H2,1H3. The molecule has 0 unspecified atom stereocenters. The van der Waals surface area contributed by atoms with Crippen LogP contribution in [0.5, 0.6) is 5.75 Å². The zero-order valence-corrected chi connectivity index (χ0v) is 12.7. The molecule has 0 N–H and O–H groups in total.